The maximum absolute atomic E-state index is 5.08. The van der Waals surface area contributed by atoms with Crippen LogP contribution >= 0.6 is 22.7 Å². The number of fused-ring (bicyclic) bond motifs is 4. The Bertz CT molecular complexity index is 2250. The third-order valence-electron chi connectivity index (χ3n) is 8.00. The Balaban J connectivity index is 1.18. The van der Waals surface area contributed by atoms with Gasteiger partial charge in [0.1, 0.15) is 0 Å². The van der Waals surface area contributed by atoms with Crippen LogP contribution in [-0.4, -0.2) is 18.8 Å². The van der Waals surface area contributed by atoms with Crippen LogP contribution < -0.4 is 0 Å². The molecule has 0 spiro atoms. The number of thiazole rings is 2. The van der Waals surface area contributed by atoms with E-state index in [9.17, 15) is 0 Å². The Kier molecular flexibility index (Phi) is 5.20. The molecule has 0 aliphatic carbocycles. The summed E-state index contributed by atoms with van der Waals surface area (Å²) in [6.45, 7) is 0. The fourth-order valence-corrected chi connectivity index (χ4v) is 7.41. The largest absolute Gasteiger partial charge is 0.290 e. The number of benzene rings is 5. The number of rotatable bonds is 4. The highest BCUT2D eigenvalue weighted by molar-refractivity contribution is 7.15. The molecule has 5 aromatic carbocycles. The maximum atomic E-state index is 5.08. The zero-order valence-corrected chi connectivity index (χ0v) is 23.9. The van der Waals surface area contributed by atoms with Gasteiger partial charge in [0.15, 0.2) is 9.92 Å². The molecule has 4 aromatic heterocycles. The topological polar surface area (TPSA) is 34.6 Å². The highest BCUT2D eigenvalue weighted by Crippen LogP contribution is 2.39. The van der Waals surface area contributed by atoms with Crippen molar-refractivity contribution in [1.82, 2.24) is 18.8 Å². The van der Waals surface area contributed by atoms with E-state index in [0.29, 0.717) is 0 Å². The average molecular weight is 575 g/mol. The lowest BCUT2D eigenvalue weighted by Crippen LogP contribution is -1.91. The second kappa shape index (κ2) is 9.24. The van der Waals surface area contributed by atoms with E-state index < -0.39 is 0 Å². The van der Waals surface area contributed by atoms with Gasteiger partial charge in [-0.1, -0.05) is 97.1 Å². The number of hydrogen-bond donors (Lipinski definition) is 0. The van der Waals surface area contributed by atoms with Gasteiger partial charge in [-0.2, -0.15) is 0 Å². The second-order valence-corrected chi connectivity index (χ2v) is 12.2. The molecule has 9 rings (SSSR count). The van der Waals surface area contributed by atoms with Gasteiger partial charge in [0, 0.05) is 45.4 Å². The van der Waals surface area contributed by atoms with Gasteiger partial charge >= 0.3 is 0 Å². The molecule has 0 bridgehead atoms. The van der Waals surface area contributed by atoms with Crippen LogP contribution in [0.2, 0.25) is 0 Å². The van der Waals surface area contributed by atoms with E-state index in [1.165, 1.54) is 21.5 Å². The molecule has 4 nitrogen and oxygen atoms in total. The van der Waals surface area contributed by atoms with Gasteiger partial charge in [0.05, 0.1) is 22.8 Å². The highest BCUT2D eigenvalue weighted by atomic mass is 32.1. The van der Waals surface area contributed by atoms with Crippen molar-refractivity contribution in [2.75, 3.05) is 0 Å². The summed E-state index contributed by atoms with van der Waals surface area (Å²) >= 11 is 3.32. The summed E-state index contributed by atoms with van der Waals surface area (Å²) in [6, 6.07) is 39.1. The molecule has 0 amide bonds. The molecule has 0 N–H and O–H groups in total. The third kappa shape index (κ3) is 3.66. The molecule has 0 aliphatic rings. The predicted molar refractivity (Wildman–Crippen MR) is 176 cm³/mol. The van der Waals surface area contributed by atoms with Crippen LogP contribution in [-0.2, 0) is 0 Å². The van der Waals surface area contributed by atoms with E-state index in [-0.39, 0.29) is 0 Å². The van der Waals surface area contributed by atoms with E-state index in [2.05, 4.69) is 141 Å². The van der Waals surface area contributed by atoms with Crippen molar-refractivity contribution in [3.05, 3.63) is 132 Å². The molecule has 0 aliphatic heterocycles. The first-order chi connectivity index (χ1) is 20.8. The number of imidazole rings is 2. The zero-order chi connectivity index (χ0) is 27.6. The van der Waals surface area contributed by atoms with E-state index >= 15 is 0 Å². The smallest absolute Gasteiger partial charge is 0.194 e. The summed E-state index contributed by atoms with van der Waals surface area (Å²) < 4.78 is 4.42. The lowest BCUT2D eigenvalue weighted by Gasteiger charge is -2.09. The molecule has 4 heterocycles. The Morgan fingerprint density at radius 1 is 0.429 bits per heavy atom. The van der Waals surface area contributed by atoms with Gasteiger partial charge in [-0.3, -0.25) is 8.80 Å². The fraction of sp³-hybridized carbons (Fsp3) is 0. The maximum Gasteiger partial charge on any atom is 0.194 e. The Hall–Kier alpha value is -5.04. The summed E-state index contributed by atoms with van der Waals surface area (Å²) in [5, 5.41) is 9.09. The molecule has 42 heavy (non-hydrogen) atoms. The van der Waals surface area contributed by atoms with Crippen molar-refractivity contribution in [2.45, 2.75) is 0 Å². The van der Waals surface area contributed by atoms with Crippen molar-refractivity contribution in [3.63, 3.8) is 0 Å². The van der Waals surface area contributed by atoms with Crippen LogP contribution in [0, 0.1) is 0 Å². The average Bonchev–Trinajstić information content (AvgIpc) is 3.82. The summed E-state index contributed by atoms with van der Waals surface area (Å²) in [4.78, 5) is 12.1. The minimum Gasteiger partial charge on any atom is -0.290 e. The van der Waals surface area contributed by atoms with Gasteiger partial charge in [-0.25, -0.2) is 9.97 Å². The quantitative estimate of drug-likeness (QED) is 0.210. The van der Waals surface area contributed by atoms with Crippen LogP contribution in [0.4, 0.5) is 0 Å². The van der Waals surface area contributed by atoms with Crippen LogP contribution in [0.15, 0.2) is 132 Å². The van der Waals surface area contributed by atoms with Crippen LogP contribution in [0.5, 0.6) is 0 Å². The van der Waals surface area contributed by atoms with Gasteiger partial charge in [0.2, 0.25) is 0 Å². The molecule has 0 radical (unpaired) electrons. The molecule has 9 aromatic rings. The summed E-state index contributed by atoms with van der Waals surface area (Å²) in [5.41, 5.74) is 8.73. The van der Waals surface area contributed by atoms with Crippen molar-refractivity contribution in [1.29, 1.82) is 0 Å². The first-order valence-electron chi connectivity index (χ1n) is 13.8. The van der Waals surface area contributed by atoms with Gasteiger partial charge in [-0.15, -0.1) is 22.7 Å². The first kappa shape index (κ1) is 23.6. The van der Waals surface area contributed by atoms with E-state index in [1.54, 1.807) is 22.7 Å². The van der Waals surface area contributed by atoms with Gasteiger partial charge < -0.3 is 0 Å². The third-order valence-corrected chi connectivity index (χ3v) is 9.52. The normalized spacial score (nSPS) is 11.8. The van der Waals surface area contributed by atoms with Crippen LogP contribution in [0.1, 0.15) is 0 Å². The molecule has 0 saturated carbocycles. The Morgan fingerprint density at radius 3 is 1.29 bits per heavy atom. The monoisotopic (exact) mass is 574 g/mol. The van der Waals surface area contributed by atoms with Crippen LogP contribution in [0.25, 0.3) is 76.5 Å². The number of nitrogens with zero attached hydrogens (tertiary/aromatic N) is 4. The first-order valence-corrected chi connectivity index (χ1v) is 15.6. The summed E-state index contributed by atoms with van der Waals surface area (Å²) in [7, 11) is 0. The van der Waals surface area contributed by atoms with Gasteiger partial charge in [0.25, 0.3) is 0 Å². The molecule has 6 heteroatoms. The molecule has 0 saturated heterocycles. The lowest BCUT2D eigenvalue weighted by molar-refractivity contribution is 1.23. The summed E-state index contributed by atoms with van der Waals surface area (Å²) in [5.74, 6) is 0. The second-order valence-electron chi connectivity index (χ2n) is 10.4. The Labute approximate surface area is 249 Å². The van der Waals surface area contributed by atoms with Crippen LogP contribution in [0.3, 0.4) is 0 Å². The zero-order valence-electron chi connectivity index (χ0n) is 22.3. The predicted octanol–water partition coefficient (Wildman–Crippen LogP) is 10.1. The number of hydrogen-bond acceptors (Lipinski definition) is 4. The van der Waals surface area contributed by atoms with E-state index in [0.717, 1.165) is 55.0 Å². The van der Waals surface area contributed by atoms with Crippen molar-refractivity contribution in [2.24, 2.45) is 0 Å². The molecule has 0 fully saturated rings. The molecule has 0 atom stereocenters. The van der Waals surface area contributed by atoms with Crippen molar-refractivity contribution in [3.8, 4) is 45.0 Å². The van der Waals surface area contributed by atoms with Crippen molar-refractivity contribution >= 4 is 54.1 Å². The van der Waals surface area contributed by atoms with E-state index in [4.69, 9.17) is 9.97 Å². The highest BCUT2D eigenvalue weighted by Gasteiger charge is 2.20. The van der Waals surface area contributed by atoms with Gasteiger partial charge in [-0.05, 0) is 33.7 Å². The molecule has 0 unspecified atom stereocenters. The van der Waals surface area contributed by atoms with E-state index in [1.807, 2.05) is 0 Å². The SMILES string of the molecule is c1ccc2cc(-c3nc4sccn4c3-c3ccc(-c4c(-c5ccc6ccccc6c5)nc5sccn45)cc3)ccc2c1. The minimum absolute atomic E-state index is 0.992. The standard InChI is InChI=1S/C36H22N4S2/c1-3-7-27-21-29(15-9-23(27)5-1)31-33(39-17-19-41-35(39)37-31)25-11-13-26(14-12-25)34-32(38-36-40(34)18-20-42-36)30-16-10-24-6-2-4-8-28(24)22-30/h1-22H. The fourth-order valence-electron chi connectivity index (χ4n) is 5.98. The molecular formula is C36H22N4S2. The van der Waals surface area contributed by atoms with Crippen molar-refractivity contribution < 1.29 is 0 Å². The number of aromatic nitrogens is 4. The summed E-state index contributed by atoms with van der Waals surface area (Å²) in [6.07, 6.45) is 4.23. The molecular weight excluding hydrogens is 553 g/mol. The Morgan fingerprint density at radius 2 is 0.833 bits per heavy atom. The minimum atomic E-state index is 0.992. The molecule has 198 valence electrons. The lowest BCUT2D eigenvalue weighted by atomic mass is 9.98.